The van der Waals surface area contributed by atoms with E-state index in [1.807, 2.05) is 33.3 Å². The molecule has 0 aliphatic rings. The summed E-state index contributed by atoms with van der Waals surface area (Å²) < 4.78 is 5.26. The number of esters is 1. The molecule has 0 fully saturated rings. The summed E-state index contributed by atoms with van der Waals surface area (Å²) in [7, 11) is 7.26. The van der Waals surface area contributed by atoms with E-state index in [1.54, 1.807) is 6.20 Å². The highest BCUT2D eigenvalue weighted by Crippen LogP contribution is 2.25. The zero-order valence-corrected chi connectivity index (χ0v) is 10.4. The predicted octanol–water partition coefficient (Wildman–Crippen LogP) is 1.55. The number of carbonyl (C=O) groups excluding carboxylic acids is 1. The van der Waals surface area contributed by atoms with Crippen molar-refractivity contribution in [1.29, 1.82) is 0 Å². The van der Waals surface area contributed by atoms with Crippen LogP contribution < -0.4 is 4.48 Å². The number of quaternary nitrogens is 1. The number of pyridine rings is 1. The molecule has 2 aromatic rings. The quantitative estimate of drug-likeness (QED) is 0.633. The lowest BCUT2D eigenvalue weighted by Gasteiger charge is -2.23. The Morgan fingerprint density at radius 2 is 2.12 bits per heavy atom. The van der Waals surface area contributed by atoms with Gasteiger partial charge in [-0.3, -0.25) is 4.48 Å². The average Bonchev–Trinajstić information content (AvgIpc) is 2.72. The largest absolute Gasteiger partial charge is 0.465 e. The second-order valence-electron chi connectivity index (χ2n) is 4.78. The van der Waals surface area contributed by atoms with Gasteiger partial charge in [0, 0.05) is 11.6 Å². The van der Waals surface area contributed by atoms with Crippen LogP contribution in [-0.4, -0.2) is 44.2 Å². The van der Waals surface area contributed by atoms with E-state index in [-0.39, 0.29) is 5.97 Å². The Kier molecular flexibility index (Phi) is 2.63. The Bertz CT molecular complexity index is 567. The van der Waals surface area contributed by atoms with Crippen LogP contribution >= 0.6 is 0 Å². The number of ether oxygens (including phenoxy) is 1. The lowest BCUT2D eigenvalue weighted by Crippen LogP contribution is -2.37. The first kappa shape index (κ1) is 11.6. The summed E-state index contributed by atoms with van der Waals surface area (Å²) in [5.74, 6) is 0.329. The zero-order valence-electron chi connectivity index (χ0n) is 10.4. The number of hydrogen-bond donors (Lipinski definition) is 1. The van der Waals surface area contributed by atoms with E-state index >= 15 is 0 Å². The molecule has 0 aliphatic carbocycles. The minimum absolute atomic E-state index is 0.358. The fraction of sp³-hybridized carbons (Fsp3) is 0.333. The molecule has 0 unspecified atom stereocenters. The molecular formula is C12H16N3O2+. The number of H-pyrrole nitrogens is 1. The topological polar surface area (TPSA) is 55.0 Å². The number of aromatic amines is 1. The van der Waals surface area contributed by atoms with Gasteiger partial charge in [-0.05, 0) is 12.1 Å². The summed E-state index contributed by atoms with van der Waals surface area (Å²) >= 11 is 0. The summed E-state index contributed by atoms with van der Waals surface area (Å²) in [6.07, 6.45) is 1.80. The number of nitrogens with one attached hydrogen (secondary N) is 1. The van der Waals surface area contributed by atoms with Gasteiger partial charge in [0.25, 0.3) is 0 Å². The van der Waals surface area contributed by atoms with E-state index in [0.717, 1.165) is 11.0 Å². The second kappa shape index (κ2) is 3.85. The third-order valence-corrected chi connectivity index (χ3v) is 2.56. The van der Waals surface area contributed by atoms with Gasteiger partial charge in [-0.15, -0.1) is 0 Å². The maximum absolute atomic E-state index is 11.8. The molecule has 0 amide bonds. The SMILES string of the molecule is COC(=O)c1cc2cc[nH]c2nc1[N+](C)(C)C. The Labute approximate surface area is 99.6 Å². The molecule has 0 bridgehead atoms. The van der Waals surface area contributed by atoms with Crippen molar-refractivity contribution in [2.45, 2.75) is 0 Å². The third-order valence-electron chi connectivity index (χ3n) is 2.56. The van der Waals surface area contributed by atoms with Gasteiger partial charge in [0.1, 0.15) is 11.2 Å². The number of methoxy groups -OCH3 is 1. The highest BCUT2D eigenvalue weighted by molar-refractivity contribution is 5.98. The lowest BCUT2D eigenvalue weighted by molar-refractivity contribution is 0.0599. The summed E-state index contributed by atoms with van der Waals surface area (Å²) in [6.45, 7) is 0. The maximum Gasteiger partial charge on any atom is 0.345 e. The minimum atomic E-state index is -0.358. The summed E-state index contributed by atoms with van der Waals surface area (Å²) in [6, 6.07) is 3.69. The van der Waals surface area contributed by atoms with E-state index in [1.165, 1.54) is 7.11 Å². The Hall–Kier alpha value is -1.88. The van der Waals surface area contributed by atoms with Crippen molar-refractivity contribution in [2.75, 3.05) is 28.3 Å². The van der Waals surface area contributed by atoms with Crippen LogP contribution in [-0.2, 0) is 4.74 Å². The molecule has 0 aromatic carbocycles. The number of fused-ring (bicyclic) bond motifs is 1. The Morgan fingerprint density at radius 3 is 2.71 bits per heavy atom. The molecule has 0 saturated carbocycles. The summed E-state index contributed by atoms with van der Waals surface area (Å²) in [5.41, 5.74) is 1.29. The van der Waals surface area contributed by atoms with Crippen molar-refractivity contribution < 1.29 is 9.53 Å². The van der Waals surface area contributed by atoms with Crippen LogP contribution in [0.4, 0.5) is 5.82 Å². The van der Waals surface area contributed by atoms with Crippen LogP contribution in [0.25, 0.3) is 11.0 Å². The fourth-order valence-electron chi connectivity index (χ4n) is 1.74. The highest BCUT2D eigenvalue weighted by atomic mass is 16.5. The van der Waals surface area contributed by atoms with Gasteiger partial charge in [-0.25, -0.2) is 4.79 Å². The van der Waals surface area contributed by atoms with E-state index < -0.39 is 0 Å². The first-order valence-corrected chi connectivity index (χ1v) is 5.32. The molecule has 0 aliphatic heterocycles. The smallest absolute Gasteiger partial charge is 0.345 e. The van der Waals surface area contributed by atoms with Gasteiger partial charge >= 0.3 is 5.97 Å². The van der Waals surface area contributed by atoms with E-state index in [2.05, 4.69) is 9.97 Å². The van der Waals surface area contributed by atoms with Crippen molar-refractivity contribution in [3.05, 3.63) is 23.9 Å². The minimum Gasteiger partial charge on any atom is -0.465 e. The molecule has 0 radical (unpaired) electrons. The van der Waals surface area contributed by atoms with Crippen LogP contribution in [0.2, 0.25) is 0 Å². The summed E-state index contributed by atoms with van der Waals surface area (Å²) in [5, 5.41) is 0.905. The number of hydrogen-bond acceptors (Lipinski definition) is 3. The van der Waals surface area contributed by atoms with E-state index in [0.29, 0.717) is 15.9 Å². The normalized spacial score (nSPS) is 11.8. The predicted molar refractivity (Wildman–Crippen MR) is 67.0 cm³/mol. The number of rotatable bonds is 2. The molecule has 1 N–H and O–H groups in total. The number of aromatic nitrogens is 2. The van der Waals surface area contributed by atoms with Crippen molar-refractivity contribution in [2.24, 2.45) is 0 Å². The first-order chi connectivity index (χ1) is 7.93. The molecule has 2 aromatic heterocycles. The average molecular weight is 234 g/mol. The maximum atomic E-state index is 11.8. The van der Waals surface area contributed by atoms with Crippen LogP contribution in [0.3, 0.4) is 0 Å². The Balaban J connectivity index is 2.72. The van der Waals surface area contributed by atoms with Crippen LogP contribution in [0.1, 0.15) is 10.4 Å². The molecule has 90 valence electrons. The molecule has 5 nitrogen and oxygen atoms in total. The summed E-state index contributed by atoms with van der Waals surface area (Å²) in [4.78, 5) is 19.3. The van der Waals surface area contributed by atoms with E-state index in [9.17, 15) is 4.79 Å². The zero-order chi connectivity index (χ0) is 12.6. The van der Waals surface area contributed by atoms with E-state index in [4.69, 9.17) is 4.74 Å². The number of carbonyl (C=O) groups is 1. The highest BCUT2D eigenvalue weighted by Gasteiger charge is 2.26. The lowest BCUT2D eigenvalue weighted by atomic mass is 10.2. The third kappa shape index (κ3) is 2.01. The van der Waals surface area contributed by atoms with Gasteiger partial charge in [-0.2, -0.15) is 4.98 Å². The van der Waals surface area contributed by atoms with Crippen LogP contribution in [0.15, 0.2) is 18.3 Å². The van der Waals surface area contributed by atoms with Crippen molar-refractivity contribution in [3.8, 4) is 0 Å². The van der Waals surface area contributed by atoms with Gasteiger partial charge in [0.15, 0.2) is 0 Å². The van der Waals surface area contributed by atoms with Crippen molar-refractivity contribution in [1.82, 2.24) is 14.5 Å². The number of nitrogens with zero attached hydrogens (tertiary/aromatic N) is 2. The molecule has 2 rings (SSSR count). The molecule has 0 saturated heterocycles. The van der Waals surface area contributed by atoms with Gasteiger partial charge in [-0.1, -0.05) is 0 Å². The molecular weight excluding hydrogens is 218 g/mol. The molecule has 0 spiro atoms. The van der Waals surface area contributed by atoms with Gasteiger partial charge in [0.2, 0.25) is 5.82 Å². The van der Waals surface area contributed by atoms with Crippen molar-refractivity contribution in [3.63, 3.8) is 0 Å². The van der Waals surface area contributed by atoms with Crippen LogP contribution in [0, 0.1) is 0 Å². The second-order valence-corrected chi connectivity index (χ2v) is 4.78. The molecule has 17 heavy (non-hydrogen) atoms. The fourth-order valence-corrected chi connectivity index (χ4v) is 1.74. The monoisotopic (exact) mass is 234 g/mol. The first-order valence-electron chi connectivity index (χ1n) is 5.32. The molecule has 5 heteroatoms. The standard InChI is InChI=1S/C12H15N3O2/c1-15(2,3)11-9(12(16)17-4)7-8-5-6-13-10(8)14-11/h5-7H,1-4H3/p+1. The van der Waals surface area contributed by atoms with Gasteiger partial charge < -0.3 is 9.72 Å². The Morgan fingerprint density at radius 1 is 1.41 bits per heavy atom. The van der Waals surface area contributed by atoms with Crippen LogP contribution in [0.5, 0.6) is 0 Å². The molecule has 0 atom stereocenters. The van der Waals surface area contributed by atoms with Crippen molar-refractivity contribution >= 4 is 22.8 Å². The van der Waals surface area contributed by atoms with Gasteiger partial charge in [0.05, 0.1) is 28.3 Å². The molecule has 2 heterocycles.